The molecule has 1 aromatic rings. The van der Waals surface area contributed by atoms with Gasteiger partial charge in [0, 0.05) is 32.0 Å². The summed E-state index contributed by atoms with van der Waals surface area (Å²) in [5.41, 5.74) is 1.11. The summed E-state index contributed by atoms with van der Waals surface area (Å²) >= 11 is 0. The van der Waals surface area contributed by atoms with Crippen LogP contribution < -0.4 is 0 Å². The summed E-state index contributed by atoms with van der Waals surface area (Å²) in [6.07, 6.45) is 1.29. The number of nitrogens with zero attached hydrogens (tertiary/aromatic N) is 1. The molecule has 16 heavy (non-hydrogen) atoms. The number of carbonyl (C=O) groups excluding carboxylic acids is 1. The van der Waals surface area contributed by atoms with Crippen LogP contribution in [0.5, 0.6) is 0 Å². The highest BCUT2D eigenvalue weighted by molar-refractivity contribution is 5.79. The molecule has 0 unspecified atom stereocenters. The Hall–Kier alpha value is -1.22. The molecule has 0 N–H and O–H groups in total. The number of Topliss-reactive ketones (excluding diaryl/α,β-unsaturated/α-hetero) is 1. The predicted octanol–water partition coefficient (Wildman–Crippen LogP) is 2.55. The molecular formula is C13H16FNO. The maximum absolute atomic E-state index is 12.8. The van der Waals surface area contributed by atoms with E-state index >= 15 is 0 Å². The summed E-state index contributed by atoms with van der Waals surface area (Å²) in [5, 5.41) is 0. The number of halogens is 1. The molecular weight excluding hydrogens is 205 g/mol. The van der Waals surface area contributed by atoms with Crippen LogP contribution in [0.3, 0.4) is 0 Å². The molecule has 3 heteroatoms. The zero-order valence-electron chi connectivity index (χ0n) is 9.45. The van der Waals surface area contributed by atoms with E-state index in [1.54, 1.807) is 0 Å². The van der Waals surface area contributed by atoms with Crippen molar-refractivity contribution in [2.24, 2.45) is 0 Å². The van der Waals surface area contributed by atoms with E-state index in [4.69, 9.17) is 0 Å². The Balaban J connectivity index is 2.04. The minimum atomic E-state index is -0.204. The molecule has 86 valence electrons. The van der Waals surface area contributed by atoms with Gasteiger partial charge in [-0.2, -0.15) is 0 Å². The van der Waals surface area contributed by atoms with Gasteiger partial charge in [-0.05, 0) is 24.6 Å². The third kappa shape index (κ3) is 2.47. The number of ketones is 1. The lowest BCUT2D eigenvalue weighted by molar-refractivity contribution is -0.121. The average molecular weight is 221 g/mol. The summed E-state index contributed by atoms with van der Waals surface area (Å²) in [7, 11) is 0. The zero-order valence-corrected chi connectivity index (χ0v) is 9.45. The predicted molar refractivity (Wildman–Crippen MR) is 60.6 cm³/mol. The zero-order chi connectivity index (χ0) is 11.5. The fourth-order valence-corrected chi connectivity index (χ4v) is 2.11. The molecule has 1 saturated heterocycles. The SMILES string of the molecule is C[C@H](c1ccc(F)cc1)N1CCC(=O)CC1. The lowest BCUT2D eigenvalue weighted by atomic mass is 10.0. The highest BCUT2D eigenvalue weighted by Crippen LogP contribution is 2.23. The molecule has 0 saturated carbocycles. The largest absolute Gasteiger partial charge is 0.300 e. The maximum Gasteiger partial charge on any atom is 0.135 e. The van der Waals surface area contributed by atoms with Crippen LogP contribution in [-0.2, 0) is 4.79 Å². The van der Waals surface area contributed by atoms with E-state index in [-0.39, 0.29) is 11.9 Å². The van der Waals surface area contributed by atoms with Gasteiger partial charge in [0.1, 0.15) is 11.6 Å². The van der Waals surface area contributed by atoms with Crippen molar-refractivity contribution in [1.29, 1.82) is 0 Å². The number of hydrogen-bond donors (Lipinski definition) is 0. The molecule has 1 atom stereocenters. The first-order valence-corrected chi connectivity index (χ1v) is 5.68. The molecule has 1 fully saturated rings. The van der Waals surface area contributed by atoms with Gasteiger partial charge in [0.15, 0.2) is 0 Å². The number of piperidine rings is 1. The molecule has 2 rings (SSSR count). The van der Waals surface area contributed by atoms with E-state index in [1.807, 2.05) is 12.1 Å². The number of benzene rings is 1. The first-order valence-electron chi connectivity index (χ1n) is 5.68. The minimum absolute atomic E-state index is 0.204. The minimum Gasteiger partial charge on any atom is -0.300 e. The number of likely N-dealkylation sites (tertiary alicyclic amines) is 1. The highest BCUT2D eigenvalue weighted by atomic mass is 19.1. The van der Waals surface area contributed by atoms with E-state index < -0.39 is 0 Å². The average Bonchev–Trinajstić information content (AvgIpc) is 2.30. The van der Waals surface area contributed by atoms with Crippen LogP contribution in [0.25, 0.3) is 0 Å². The Kier molecular flexibility index (Phi) is 3.34. The third-order valence-electron chi connectivity index (χ3n) is 3.26. The van der Waals surface area contributed by atoms with Crippen molar-refractivity contribution in [3.8, 4) is 0 Å². The van der Waals surface area contributed by atoms with E-state index in [0.717, 1.165) is 18.7 Å². The van der Waals surface area contributed by atoms with Gasteiger partial charge in [0.2, 0.25) is 0 Å². The van der Waals surface area contributed by atoms with Crippen LogP contribution in [0, 0.1) is 5.82 Å². The number of hydrogen-bond acceptors (Lipinski definition) is 2. The second-order valence-electron chi connectivity index (χ2n) is 4.30. The van der Waals surface area contributed by atoms with Gasteiger partial charge in [-0.1, -0.05) is 12.1 Å². The second-order valence-corrected chi connectivity index (χ2v) is 4.30. The molecule has 0 amide bonds. The van der Waals surface area contributed by atoms with E-state index in [2.05, 4.69) is 11.8 Å². The van der Waals surface area contributed by atoms with Gasteiger partial charge in [-0.25, -0.2) is 4.39 Å². The Morgan fingerprint density at radius 1 is 1.19 bits per heavy atom. The molecule has 0 spiro atoms. The van der Waals surface area contributed by atoms with Crippen molar-refractivity contribution in [2.75, 3.05) is 13.1 Å². The van der Waals surface area contributed by atoms with Crippen molar-refractivity contribution in [3.63, 3.8) is 0 Å². The van der Waals surface area contributed by atoms with Gasteiger partial charge in [-0.3, -0.25) is 9.69 Å². The molecule has 2 nitrogen and oxygen atoms in total. The van der Waals surface area contributed by atoms with Gasteiger partial charge in [-0.15, -0.1) is 0 Å². The monoisotopic (exact) mass is 221 g/mol. The summed E-state index contributed by atoms with van der Waals surface area (Å²) in [4.78, 5) is 13.4. The molecule has 1 aliphatic heterocycles. The standard InChI is InChI=1S/C13H16FNO/c1-10(11-2-4-12(14)5-3-11)15-8-6-13(16)7-9-15/h2-5,10H,6-9H2,1H3/t10-/m1/s1. The number of rotatable bonds is 2. The van der Waals surface area contributed by atoms with Crippen molar-refractivity contribution < 1.29 is 9.18 Å². The van der Waals surface area contributed by atoms with E-state index in [1.165, 1.54) is 12.1 Å². The fraction of sp³-hybridized carbons (Fsp3) is 0.462. The van der Waals surface area contributed by atoms with Crippen molar-refractivity contribution in [1.82, 2.24) is 4.90 Å². The van der Waals surface area contributed by atoms with Crippen LogP contribution in [0.15, 0.2) is 24.3 Å². The van der Waals surface area contributed by atoms with Gasteiger partial charge < -0.3 is 0 Å². The first-order chi connectivity index (χ1) is 7.66. The van der Waals surface area contributed by atoms with Crippen molar-refractivity contribution in [3.05, 3.63) is 35.6 Å². The molecule has 1 aromatic carbocycles. The topological polar surface area (TPSA) is 20.3 Å². The van der Waals surface area contributed by atoms with Gasteiger partial charge >= 0.3 is 0 Å². The fourth-order valence-electron chi connectivity index (χ4n) is 2.11. The van der Waals surface area contributed by atoms with Crippen molar-refractivity contribution >= 4 is 5.78 Å². The quantitative estimate of drug-likeness (QED) is 0.765. The lowest BCUT2D eigenvalue weighted by Gasteiger charge is -2.32. The molecule has 1 aliphatic rings. The Morgan fingerprint density at radius 2 is 1.75 bits per heavy atom. The highest BCUT2D eigenvalue weighted by Gasteiger charge is 2.21. The Bertz CT molecular complexity index is 364. The lowest BCUT2D eigenvalue weighted by Crippen LogP contribution is -2.35. The molecule has 0 radical (unpaired) electrons. The van der Waals surface area contributed by atoms with Crippen LogP contribution in [-0.4, -0.2) is 23.8 Å². The molecule has 0 bridgehead atoms. The van der Waals surface area contributed by atoms with Crippen LogP contribution >= 0.6 is 0 Å². The number of carbonyl (C=O) groups is 1. The third-order valence-corrected chi connectivity index (χ3v) is 3.26. The summed E-state index contributed by atoms with van der Waals surface area (Å²) in [5.74, 6) is 0.146. The van der Waals surface area contributed by atoms with E-state index in [0.29, 0.717) is 18.6 Å². The van der Waals surface area contributed by atoms with E-state index in [9.17, 15) is 9.18 Å². The summed E-state index contributed by atoms with van der Waals surface area (Å²) in [6, 6.07) is 6.86. The second kappa shape index (κ2) is 4.74. The summed E-state index contributed by atoms with van der Waals surface area (Å²) in [6.45, 7) is 3.73. The van der Waals surface area contributed by atoms with Crippen LogP contribution in [0.2, 0.25) is 0 Å². The van der Waals surface area contributed by atoms with Crippen molar-refractivity contribution in [2.45, 2.75) is 25.8 Å². The normalized spacial score (nSPS) is 19.8. The van der Waals surface area contributed by atoms with Gasteiger partial charge in [0.25, 0.3) is 0 Å². The molecule has 0 aliphatic carbocycles. The summed E-state index contributed by atoms with van der Waals surface area (Å²) < 4.78 is 12.8. The molecule has 0 aromatic heterocycles. The maximum atomic E-state index is 12.8. The van der Waals surface area contributed by atoms with Crippen LogP contribution in [0.1, 0.15) is 31.4 Å². The Morgan fingerprint density at radius 3 is 2.31 bits per heavy atom. The smallest absolute Gasteiger partial charge is 0.135 e. The first kappa shape index (κ1) is 11.3. The van der Waals surface area contributed by atoms with Crippen LogP contribution in [0.4, 0.5) is 4.39 Å². The Labute approximate surface area is 95.1 Å². The molecule has 1 heterocycles. The van der Waals surface area contributed by atoms with Gasteiger partial charge in [0.05, 0.1) is 0 Å².